The quantitative estimate of drug-likeness (QED) is 0.679. The summed E-state index contributed by atoms with van der Waals surface area (Å²) in [5, 5.41) is 0.559. The molecule has 8 heteroatoms. The minimum absolute atomic E-state index is 0.0784. The average Bonchev–Trinajstić information content (AvgIpc) is 3.13. The summed E-state index contributed by atoms with van der Waals surface area (Å²) in [5.74, 6) is -0.0229. The van der Waals surface area contributed by atoms with E-state index in [0.717, 1.165) is 36.4 Å². The van der Waals surface area contributed by atoms with E-state index in [1.54, 1.807) is 0 Å². The molecule has 1 aromatic carbocycles. The molecule has 0 N–H and O–H groups in total. The molecule has 3 rings (SSSR count). The zero-order valence-electron chi connectivity index (χ0n) is 17.9. The van der Waals surface area contributed by atoms with E-state index in [2.05, 4.69) is 35.9 Å². The summed E-state index contributed by atoms with van der Waals surface area (Å²) in [6.45, 7) is 12.0. The molecule has 6 nitrogen and oxygen atoms in total. The van der Waals surface area contributed by atoms with Gasteiger partial charge in [-0.15, -0.1) is 0 Å². The first-order valence-corrected chi connectivity index (χ1v) is 13.0. The first-order valence-electron chi connectivity index (χ1n) is 10.3. The fourth-order valence-electron chi connectivity index (χ4n) is 3.92. The summed E-state index contributed by atoms with van der Waals surface area (Å²) in [7, 11) is -3.07. The van der Waals surface area contributed by atoms with E-state index in [9.17, 15) is 13.2 Å². The number of nitrogens with zero attached hydrogens (tertiary/aromatic N) is 3. The molecule has 0 aromatic heterocycles. The molecule has 160 valence electrons. The van der Waals surface area contributed by atoms with Gasteiger partial charge in [0.05, 0.1) is 17.5 Å². The third kappa shape index (κ3) is 4.48. The number of benzene rings is 1. The summed E-state index contributed by atoms with van der Waals surface area (Å²) in [5.41, 5.74) is 3.14. The Morgan fingerprint density at radius 1 is 1.28 bits per heavy atom. The molecule has 2 aliphatic heterocycles. The number of hydrogen-bond donors (Lipinski definition) is 0. The third-order valence-electron chi connectivity index (χ3n) is 5.87. The Labute approximate surface area is 178 Å². The molecule has 29 heavy (non-hydrogen) atoms. The molecular formula is C21H31N3O3S2. The average molecular weight is 438 g/mol. The van der Waals surface area contributed by atoms with Gasteiger partial charge >= 0.3 is 0 Å². The lowest BCUT2D eigenvalue weighted by atomic mass is 10.1. The van der Waals surface area contributed by atoms with Gasteiger partial charge in [0.2, 0.25) is 0 Å². The monoisotopic (exact) mass is 437 g/mol. The van der Waals surface area contributed by atoms with Gasteiger partial charge in [0.15, 0.2) is 15.0 Å². The number of carbonyl (C=O) groups is 1. The molecule has 2 saturated heterocycles. The van der Waals surface area contributed by atoms with Crippen LogP contribution in [0.5, 0.6) is 0 Å². The van der Waals surface area contributed by atoms with Gasteiger partial charge in [0, 0.05) is 35.6 Å². The number of sulfone groups is 1. The van der Waals surface area contributed by atoms with E-state index >= 15 is 0 Å². The summed E-state index contributed by atoms with van der Waals surface area (Å²) in [4.78, 5) is 21.2. The zero-order valence-corrected chi connectivity index (χ0v) is 19.5. The molecule has 2 heterocycles. The Morgan fingerprint density at radius 2 is 1.97 bits per heavy atom. The largest absolute Gasteiger partial charge is 0.372 e. The standard InChI is InChI=1S/C21H31N3O3S2/c1-6-14(4)20(25)22-21-24(18-12-29(26,27)13-19(18)28-21)17-10-9-16(11-15(17)5)23(7-2)8-3/h9-11,14,18-19H,6-8,12-13H2,1-5H3/t14-,18-,19-/m0/s1. The van der Waals surface area contributed by atoms with Crippen LogP contribution < -0.4 is 9.80 Å². The predicted octanol–water partition coefficient (Wildman–Crippen LogP) is 3.49. The molecular weight excluding hydrogens is 406 g/mol. The smallest absolute Gasteiger partial charge is 0.250 e. The number of amidine groups is 1. The van der Waals surface area contributed by atoms with Crippen LogP contribution in [-0.2, 0) is 14.6 Å². The highest BCUT2D eigenvalue weighted by molar-refractivity contribution is 8.16. The first-order chi connectivity index (χ1) is 13.7. The summed E-state index contributed by atoms with van der Waals surface area (Å²) < 4.78 is 24.5. The van der Waals surface area contributed by atoms with Crippen molar-refractivity contribution in [1.82, 2.24) is 0 Å². The number of aliphatic imine (C=N–C) groups is 1. The molecule has 2 aliphatic rings. The van der Waals surface area contributed by atoms with Gasteiger partial charge in [-0.2, -0.15) is 4.99 Å². The van der Waals surface area contributed by atoms with Gasteiger partial charge in [0.1, 0.15) is 0 Å². The van der Waals surface area contributed by atoms with Gasteiger partial charge in [-0.25, -0.2) is 8.42 Å². The Kier molecular flexibility index (Phi) is 6.63. The van der Waals surface area contributed by atoms with E-state index < -0.39 is 9.84 Å². The Hall–Kier alpha value is -1.54. The number of rotatable bonds is 6. The van der Waals surface area contributed by atoms with Crippen LogP contribution in [0.25, 0.3) is 0 Å². The topological polar surface area (TPSA) is 70.0 Å². The highest BCUT2D eigenvalue weighted by Crippen LogP contribution is 2.42. The summed E-state index contributed by atoms with van der Waals surface area (Å²) in [6.07, 6.45) is 0.735. The van der Waals surface area contributed by atoms with Crippen LogP contribution in [0, 0.1) is 12.8 Å². The number of amides is 1. The van der Waals surface area contributed by atoms with E-state index in [-0.39, 0.29) is 34.6 Å². The van der Waals surface area contributed by atoms with Crippen LogP contribution in [0.2, 0.25) is 0 Å². The van der Waals surface area contributed by atoms with Gasteiger partial charge in [0.25, 0.3) is 5.91 Å². The van der Waals surface area contributed by atoms with Crippen molar-refractivity contribution in [1.29, 1.82) is 0 Å². The lowest BCUT2D eigenvalue weighted by Crippen LogP contribution is -2.38. The van der Waals surface area contributed by atoms with Gasteiger partial charge in [-0.3, -0.25) is 4.79 Å². The summed E-state index contributed by atoms with van der Waals surface area (Å²) in [6, 6.07) is 6.08. The van der Waals surface area contributed by atoms with Gasteiger partial charge in [-0.05, 0) is 51.0 Å². The molecule has 0 saturated carbocycles. The van der Waals surface area contributed by atoms with E-state index in [1.807, 2.05) is 31.7 Å². The van der Waals surface area contributed by atoms with Crippen molar-refractivity contribution in [2.75, 3.05) is 34.4 Å². The van der Waals surface area contributed by atoms with Crippen LogP contribution in [0.4, 0.5) is 11.4 Å². The number of carbonyl (C=O) groups excluding carboxylic acids is 1. The van der Waals surface area contributed by atoms with Crippen molar-refractivity contribution >= 4 is 44.0 Å². The van der Waals surface area contributed by atoms with Crippen molar-refractivity contribution < 1.29 is 13.2 Å². The van der Waals surface area contributed by atoms with Crippen LogP contribution in [-0.4, -0.2) is 55.4 Å². The maximum atomic E-state index is 12.5. The SMILES string of the molecule is CC[C@H](C)C(=O)N=C1S[C@H]2CS(=O)(=O)C[C@@H]2N1c1ccc(N(CC)CC)cc1C. The Balaban J connectivity index is 2.02. The van der Waals surface area contributed by atoms with E-state index in [1.165, 1.54) is 11.8 Å². The van der Waals surface area contributed by atoms with Crippen molar-refractivity contribution in [3.8, 4) is 0 Å². The minimum atomic E-state index is -3.07. The number of anilines is 2. The second-order valence-electron chi connectivity index (χ2n) is 7.86. The van der Waals surface area contributed by atoms with E-state index in [4.69, 9.17) is 0 Å². The van der Waals surface area contributed by atoms with Crippen molar-refractivity contribution in [3.05, 3.63) is 23.8 Å². The molecule has 0 aliphatic carbocycles. The minimum Gasteiger partial charge on any atom is -0.372 e. The van der Waals surface area contributed by atoms with Crippen molar-refractivity contribution in [3.63, 3.8) is 0 Å². The molecule has 3 atom stereocenters. The normalized spacial score (nSPS) is 25.3. The van der Waals surface area contributed by atoms with Crippen LogP contribution in [0.3, 0.4) is 0 Å². The maximum Gasteiger partial charge on any atom is 0.250 e. The van der Waals surface area contributed by atoms with Gasteiger partial charge < -0.3 is 9.80 Å². The zero-order chi connectivity index (χ0) is 21.3. The molecule has 2 fully saturated rings. The predicted molar refractivity (Wildman–Crippen MR) is 123 cm³/mol. The molecule has 0 bridgehead atoms. The number of thioether (sulfide) groups is 1. The van der Waals surface area contributed by atoms with Crippen LogP contribution in [0.15, 0.2) is 23.2 Å². The highest BCUT2D eigenvalue weighted by atomic mass is 32.2. The lowest BCUT2D eigenvalue weighted by Gasteiger charge is -2.28. The summed E-state index contributed by atoms with van der Waals surface area (Å²) >= 11 is 1.44. The lowest BCUT2D eigenvalue weighted by molar-refractivity contribution is -0.121. The Morgan fingerprint density at radius 3 is 2.55 bits per heavy atom. The van der Waals surface area contributed by atoms with Crippen LogP contribution in [0.1, 0.15) is 39.7 Å². The fourth-order valence-corrected chi connectivity index (χ4v) is 7.83. The van der Waals surface area contributed by atoms with Gasteiger partial charge in [-0.1, -0.05) is 25.6 Å². The second-order valence-corrected chi connectivity index (χ2v) is 11.2. The molecule has 0 spiro atoms. The third-order valence-corrected chi connectivity index (χ3v) is 9.08. The number of fused-ring (bicyclic) bond motifs is 1. The number of hydrogen-bond acceptors (Lipinski definition) is 5. The first kappa shape index (κ1) is 22.2. The van der Waals surface area contributed by atoms with Crippen molar-refractivity contribution in [2.45, 2.75) is 52.3 Å². The number of aryl methyl sites for hydroxylation is 1. The molecule has 1 aromatic rings. The Bertz CT molecular complexity index is 910. The molecule has 1 amide bonds. The van der Waals surface area contributed by atoms with E-state index in [0.29, 0.717) is 5.17 Å². The fraction of sp³-hybridized carbons (Fsp3) is 0.619. The highest BCUT2D eigenvalue weighted by Gasteiger charge is 2.49. The maximum absolute atomic E-state index is 12.5. The van der Waals surface area contributed by atoms with Crippen molar-refractivity contribution in [2.24, 2.45) is 10.9 Å². The molecule has 0 radical (unpaired) electrons. The second kappa shape index (κ2) is 8.68. The molecule has 0 unspecified atom stereocenters. The van der Waals surface area contributed by atoms with Crippen LogP contribution >= 0.6 is 11.8 Å².